The standard InChI is InChI=1S/C21H23FN6O2/c1-13(29)27-7-4-14(5-8-27)16-10-23-21(28-12-25-26-20(16)28)24-11-17-15-6-9-30-19(15)3-2-18(17)22/h2-3,10,12,14H,4-9,11H2,1H3,(H,23,24). The molecule has 8 nitrogen and oxygen atoms in total. The number of halogens is 1. The summed E-state index contributed by atoms with van der Waals surface area (Å²) in [5.41, 5.74) is 3.29. The molecule has 0 aliphatic carbocycles. The van der Waals surface area contributed by atoms with Gasteiger partial charge in [-0.25, -0.2) is 9.37 Å². The van der Waals surface area contributed by atoms with Gasteiger partial charge in [-0.3, -0.25) is 9.20 Å². The van der Waals surface area contributed by atoms with Gasteiger partial charge in [0.2, 0.25) is 11.9 Å². The van der Waals surface area contributed by atoms with E-state index in [0.29, 0.717) is 31.1 Å². The van der Waals surface area contributed by atoms with Crippen LogP contribution in [0.4, 0.5) is 10.3 Å². The molecule has 3 aromatic rings. The van der Waals surface area contributed by atoms with Gasteiger partial charge in [0, 0.05) is 55.9 Å². The third kappa shape index (κ3) is 3.24. The third-order valence-electron chi connectivity index (χ3n) is 6.10. The smallest absolute Gasteiger partial charge is 0.219 e. The molecule has 9 heteroatoms. The molecule has 1 fully saturated rings. The zero-order valence-corrected chi connectivity index (χ0v) is 16.8. The Morgan fingerprint density at radius 3 is 2.97 bits per heavy atom. The summed E-state index contributed by atoms with van der Waals surface area (Å²) >= 11 is 0. The Morgan fingerprint density at radius 2 is 2.17 bits per heavy atom. The van der Waals surface area contributed by atoms with Gasteiger partial charge < -0.3 is 15.0 Å². The van der Waals surface area contributed by atoms with E-state index in [1.54, 1.807) is 19.3 Å². The van der Waals surface area contributed by atoms with E-state index in [2.05, 4.69) is 20.5 Å². The molecule has 0 radical (unpaired) electrons. The number of anilines is 1. The lowest BCUT2D eigenvalue weighted by Crippen LogP contribution is -2.36. The lowest BCUT2D eigenvalue weighted by Gasteiger charge is -2.31. The van der Waals surface area contributed by atoms with Gasteiger partial charge in [-0.2, -0.15) is 0 Å². The minimum absolute atomic E-state index is 0.115. The molecule has 1 aromatic carbocycles. The first-order chi connectivity index (χ1) is 14.6. The molecule has 1 saturated heterocycles. The van der Waals surface area contributed by atoms with Crippen LogP contribution in [0.1, 0.15) is 42.4 Å². The number of piperidine rings is 1. The van der Waals surface area contributed by atoms with Crippen LogP contribution in [0.15, 0.2) is 24.7 Å². The van der Waals surface area contributed by atoms with Gasteiger partial charge >= 0.3 is 0 Å². The Balaban J connectivity index is 1.38. The number of nitrogens with one attached hydrogen (secondary N) is 1. The van der Waals surface area contributed by atoms with E-state index in [4.69, 9.17) is 4.74 Å². The summed E-state index contributed by atoms with van der Waals surface area (Å²) in [5.74, 6) is 1.46. The second-order valence-corrected chi connectivity index (χ2v) is 7.80. The lowest BCUT2D eigenvalue weighted by atomic mass is 9.91. The molecule has 0 saturated carbocycles. The van der Waals surface area contributed by atoms with Crippen LogP contribution >= 0.6 is 0 Å². The summed E-state index contributed by atoms with van der Waals surface area (Å²) in [6.07, 6.45) is 5.90. The predicted octanol–water partition coefficient (Wildman–Crippen LogP) is 2.54. The minimum atomic E-state index is -0.249. The summed E-state index contributed by atoms with van der Waals surface area (Å²) in [5, 5.41) is 11.6. The Hall–Kier alpha value is -3.23. The monoisotopic (exact) mass is 410 g/mol. The van der Waals surface area contributed by atoms with E-state index in [1.807, 2.05) is 15.5 Å². The van der Waals surface area contributed by atoms with Crippen LogP contribution in [0.5, 0.6) is 5.75 Å². The highest BCUT2D eigenvalue weighted by molar-refractivity contribution is 5.73. The van der Waals surface area contributed by atoms with Gasteiger partial charge in [-0.05, 0) is 30.9 Å². The van der Waals surface area contributed by atoms with Crippen molar-refractivity contribution in [2.45, 2.75) is 38.6 Å². The molecule has 0 bridgehead atoms. The fourth-order valence-corrected chi connectivity index (χ4v) is 4.44. The largest absolute Gasteiger partial charge is 0.493 e. The number of carbonyl (C=O) groups excluding carboxylic acids is 1. The van der Waals surface area contributed by atoms with E-state index in [1.165, 1.54) is 6.07 Å². The molecule has 2 aromatic heterocycles. The molecule has 30 heavy (non-hydrogen) atoms. The molecule has 1 N–H and O–H groups in total. The molecule has 5 rings (SSSR count). The van der Waals surface area contributed by atoms with E-state index in [9.17, 15) is 9.18 Å². The van der Waals surface area contributed by atoms with Crippen molar-refractivity contribution in [3.8, 4) is 5.75 Å². The fourth-order valence-electron chi connectivity index (χ4n) is 4.44. The number of fused-ring (bicyclic) bond motifs is 2. The van der Waals surface area contributed by atoms with Crippen LogP contribution in [0.2, 0.25) is 0 Å². The van der Waals surface area contributed by atoms with E-state index < -0.39 is 0 Å². The topological polar surface area (TPSA) is 84.7 Å². The molecule has 0 unspecified atom stereocenters. The molecule has 156 valence electrons. The van der Waals surface area contributed by atoms with Gasteiger partial charge in [0.15, 0.2) is 5.65 Å². The molecule has 2 aliphatic heterocycles. The molecular formula is C21H23FN6O2. The SMILES string of the molecule is CC(=O)N1CCC(c2cnc(NCc3c(F)ccc4c3CCO4)n3cnnc23)CC1. The summed E-state index contributed by atoms with van der Waals surface area (Å²) in [4.78, 5) is 18.0. The van der Waals surface area contributed by atoms with E-state index >= 15 is 0 Å². The molecule has 4 heterocycles. The number of hydrogen-bond acceptors (Lipinski definition) is 6. The number of aromatic nitrogens is 4. The number of nitrogens with zero attached hydrogens (tertiary/aromatic N) is 5. The summed E-state index contributed by atoms with van der Waals surface area (Å²) in [6.45, 7) is 3.96. The summed E-state index contributed by atoms with van der Waals surface area (Å²) < 4.78 is 21.8. The number of rotatable bonds is 4. The van der Waals surface area contributed by atoms with Crippen molar-refractivity contribution < 1.29 is 13.9 Å². The normalized spacial score (nSPS) is 16.5. The van der Waals surface area contributed by atoms with Crippen molar-refractivity contribution >= 4 is 17.5 Å². The van der Waals surface area contributed by atoms with Crippen molar-refractivity contribution in [3.05, 3.63) is 47.2 Å². The van der Waals surface area contributed by atoms with Gasteiger partial charge in [0.25, 0.3) is 0 Å². The maximum absolute atomic E-state index is 14.4. The van der Waals surface area contributed by atoms with Crippen LogP contribution in [-0.4, -0.2) is 50.1 Å². The van der Waals surface area contributed by atoms with Gasteiger partial charge in [0.1, 0.15) is 17.9 Å². The highest BCUT2D eigenvalue weighted by Crippen LogP contribution is 2.32. The second-order valence-electron chi connectivity index (χ2n) is 7.80. The van der Waals surface area contributed by atoms with Crippen LogP contribution in [0, 0.1) is 5.82 Å². The Kier molecular flexibility index (Phi) is 4.72. The van der Waals surface area contributed by atoms with E-state index in [0.717, 1.165) is 48.5 Å². The molecule has 0 atom stereocenters. The zero-order chi connectivity index (χ0) is 20.7. The average molecular weight is 410 g/mol. The van der Waals surface area contributed by atoms with E-state index in [-0.39, 0.29) is 17.6 Å². The van der Waals surface area contributed by atoms with Crippen LogP contribution < -0.4 is 10.1 Å². The highest BCUT2D eigenvalue weighted by Gasteiger charge is 2.25. The number of amides is 1. The zero-order valence-electron chi connectivity index (χ0n) is 16.8. The maximum atomic E-state index is 14.4. The van der Waals surface area contributed by atoms with Gasteiger partial charge in [0.05, 0.1) is 6.61 Å². The quantitative estimate of drug-likeness (QED) is 0.712. The van der Waals surface area contributed by atoms with Crippen LogP contribution in [0.3, 0.4) is 0 Å². The first-order valence-corrected chi connectivity index (χ1v) is 10.2. The Morgan fingerprint density at radius 1 is 1.33 bits per heavy atom. The Bertz CT molecular complexity index is 1110. The number of likely N-dealkylation sites (tertiary alicyclic amines) is 1. The number of benzene rings is 1. The molecule has 2 aliphatic rings. The maximum Gasteiger partial charge on any atom is 0.219 e. The number of hydrogen-bond donors (Lipinski definition) is 1. The molecular weight excluding hydrogens is 387 g/mol. The summed E-state index contributed by atoms with van der Waals surface area (Å²) in [6, 6.07) is 3.13. The van der Waals surface area contributed by atoms with Crippen LogP contribution in [-0.2, 0) is 17.8 Å². The number of ether oxygens (including phenoxy) is 1. The number of carbonyl (C=O) groups is 1. The fraction of sp³-hybridized carbons (Fsp3) is 0.429. The lowest BCUT2D eigenvalue weighted by molar-refractivity contribution is -0.129. The van der Waals surface area contributed by atoms with Crippen molar-refractivity contribution in [2.24, 2.45) is 0 Å². The van der Waals surface area contributed by atoms with Crippen LogP contribution in [0.25, 0.3) is 5.65 Å². The summed E-state index contributed by atoms with van der Waals surface area (Å²) in [7, 11) is 0. The predicted molar refractivity (Wildman–Crippen MR) is 108 cm³/mol. The Labute approximate surface area is 173 Å². The first kappa shape index (κ1) is 18.8. The van der Waals surface area contributed by atoms with Crippen molar-refractivity contribution in [2.75, 3.05) is 25.0 Å². The van der Waals surface area contributed by atoms with Crippen molar-refractivity contribution in [1.29, 1.82) is 0 Å². The highest BCUT2D eigenvalue weighted by atomic mass is 19.1. The molecule has 1 amide bonds. The first-order valence-electron chi connectivity index (χ1n) is 10.2. The third-order valence-corrected chi connectivity index (χ3v) is 6.10. The minimum Gasteiger partial charge on any atom is -0.493 e. The second kappa shape index (κ2) is 7.55. The average Bonchev–Trinajstić information content (AvgIpc) is 3.43. The van der Waals surface area contributed by atoms with Gasteiger partial charge in [-0.1, -0.05) is 0 Å². The molecule has 0 spiro atoms. The van der Waals surface area contributed by atoms with Gasteiger partial charge in [-0.15, -0.1) is 10.2 Å². The van der Waals surface area contributed by atoms with Crippen molar-refractivity contribution in [3.63, 3.8) is 0 Å². The van der Waals surface area contributed by atoms with Crippen molar-refractivity contribution in [1.82, 2.24) is 24.5 Å².